The molecular weight excluding hydrogens is 306 g/mol. The number of carbonyl (C=O) groups is 2. The van der Waals surface area contributed by atoms with Gasteiger partial charge in [-0.25, -0.2) is 9.59 Å². The van der Waals surface area contributed by atoms with Gasteiger partial charge in [0.25, 0.3) is 0 Å². The molecule has 4 N–H and O–H groups in total. The van der Waals surface area contributed by atoms with Gasteiger partial charge in [0.05, 0.1) is 32.5 Å². The Morgan fingerprint density at radius 2 is 1.26 bits per heavy atom. The van der Waals surface area contributed by atoms with Crippen LogP contribution in [-0.2, 0) is 14.3 Å². The predicted octanol–water partition coefficient (Wildman–Crippen LogP) is 0.978. The van der Waals surface area contributed by atoms with E-state index in [2.05, 4.69) is 24.5 Å². The summed E-state index contributed by atoms with van der Waals surface area (Å²) in [7, 11) is 0. The van der Waals surface area contributed by atoms with Gasteiger partial charge in [0, 0.05) is 17.2 Å². The molecule has 23 heavy (non-hydrogen) atoms. The smallest absolute Gasteiger partial charge is 0.330 e. The monoisotopic (exact) mass is 331 g/mol. The molecular formula is C15H25NO7. The van der Waals surface area contributed by atoms with Gasteiger partial charge in [-0.2, -0.15) is 5.26 Å². The van der Waals surface area contributed by atoms with Crippen molar-refractivity contribution in [1.29, 1.82) is 5.26 Å². The van der Waals surface area contributed by atoms with E-state index in [1.54, 1.807) is 6.07 Å². The number of rotatable bonds is 6. The lowest BCUT2D eigenvalue weighted by Gasteiger charge is -1.94. The highest BCUT2D eigenvalue weighted by atomic mass is 16.5. The van der Waals surface area contributed by atoms with Crippen LogP contribution in [0.3, 0.4) is 0 Å². The lowest BCUT2D eigenvalue weighted by atomic mass is 10.4. The molecule has 0 aliphatic carbocycles. The minimum Gasteiger partial charge on any atom is -0.478 e. The second-order valence-electron chi connectivity index (χ2n) is 3.56. The van der Waals surface area contributed by atoms with Gasteiger partial charge in [-0.1, -0.05) is 19.7 Å². The zero-order valence-corrected chi connectivity index (χ0v) is 13.5. The molecule has 0 saturated heterocycles. The van der Waals surface area contributed by atoms with E-state index in [9.17, 15) is 9.59 Å². The van der Waals surface area contributed by atoms with Crippen LogP contribution < -0.4 is 0 Å². The van der Waals surface area contributed by atoms with Gasteiger partial charge in [0.2, 0.25) is 0 Å². The first-order valence-corrected chi connectivity index (χ1v) is 6.19. The van der Waals surface area contributed by atoms with E-state index in [0.717, 1.165) is 0 Å². The minimum absolute atomic E-state index is 0.0278. The molecule has 0 fully saturated rings. The Morgan fingerprint density at radius 3 is 1.35 bits per heavy atom. The average Bonchev–Trinajstić information content (AvgIpc) is 2.49. The number of aliphatic carboxylic acids is 2. The van der Waals surface area contributed by atoms with E-state index in [-0.39, 0.29) is 24.4 Å². The summed E-state index contributed by atoms with van der Waals surface area (Å²) in [5, 5.41) is 39.5. The van der Waals surface area contributed by atoms with E-state index in [0.29, 0.717) is 13.2 Å². The Hall–Kier alpha value is -2.47. The van der Waals surface area contributed by atoms with Gasteiger partial charge in [0.1, 0.15) is 0 Å². The average molecular weight is 331 g/mol. The predicted molar refractivity (Wildman–Crippen MR) is 85.7 cm³/mol. The van der Waals surface area contributed by atoms with Crippen LogP contribution in [0.1, 0.15) is 13.8 Å². The van der Waals surface area contributed by atoms with Crippen LogP contribution >= 0.6 is 0 Å². The number of nitriles is 1. The van der Waals surface area contributed by atoms with Crippen molar-refractivity contribution in [1.82, 2.24) is 0 Å². The number of aliphatic hydroxyl groups excluding tert-OH is 2. The molecule has 0 aliphatic heterocycles. The number of nitrogens with zero attached hydrogens (tertiary/aromatic N) is 1. The van der Waals surface area contributed by atoms with Crippen LogP contribution in [0.15, 0.2) is 37.0 Å². The van der Waals surface area contributed by atoms with Gasteiger partial charge in [0.15, 0.2) is 0 Å². The lowest BCUT2D eigenvalue weighted by Crippen LogP contribution is -2.03. The molecule has 0 amide bonds. The normalized spacial score (nSPS) is 7.43. The molecule has 0 unspecified atom stereocenters. The van der Waals surface area contributed by atoms with E-state index in [1.165, 1.54) is 19.9 Å². The minimum atomic E-state index is -0.935. The number of allylic oxidation sites excluding steroid dienone is 1. The van der Waals surface area contributed by atoms with Crippen molar-refractivity contribution in [2.45, 2.75) is 13.8 Å². The van der Waals surface area contributed by atoms with E-state index < -0.39 is 11.9 Å². The van der Waals surface area contributed by atoms with Crippen molar-refractivity contribution in [2.24, 2.45) is 0 Å². The Labute approximate surface area is 136 Å². The molecule has 0 aromatic rings. The molecule has 0 radical (unpaired) electrons. The Bertz CT molecular complexity index is 345. The third-order valence-electron chi connectivity index (χ3n) is 1.29. The molecule has 0 aromatic heterocycles. The topological polar surface area (TPSA) is 148 Å². The van der Waals surface area contributed by atoms with Crippen molar-refractivity contribution >= 4 is 11.9 Å². The molecule has 8 heteroatoms. The maximum Gasteiger partial charge on any atom is 0.330 e. The van der Waals surface area contributed by atoms with Crippen molar-refractivity contribution < 1.29 is 34.8 Å². The first kappa shape index (κ1) is 28.7. The second kappa shape index (κ2) is 24.5. The van der Waals surface area contributed by atoms with E-state index in [1.807, 2.05) is 0 Å². The van der Waals surface area contributed by atoms with Crippen molar-refractivity contribution in [3.05, 3.63) is 37.0 Å². The third-order valence-corrected chi connectivity index (χ3v) is 1.29. The van der Waals surface area contributed by atoms with Crippen LogP contribution in [-0.4, -0.2) is 58.8 Å². The molecule has 0 saturated carbocycles. The number of aliphatic hydroxyl groups is 2. The summed E-state index contributed by atoms with van der Waals surface area (Å²) in [6.07, 6.45) is 1.18. The van der Waals surface area contributed by atoms with E-state index in [4.69, 9.17) is 25.7 Å². The molecule has 0 aliphatic rings. The summed E-state index contributed by atoms with van der Waals surface area (Å²) in [4.78, 5) is 19.2. The summed E-state index contributed by atoms with van der Waals surface area (Å²) < 4.78 is 4.63. The highest BCUT2D eigenvalue weighted by Gasteiger charge is 1.90. The van der Waals surface area contributed by atoms with Crippen LogP contribution in [0.25, 0.3) is 0 Å². The number of hydrogen-bond donors (Lipinski definition) is 4. The first-order chi connectivity index (χ1) is 10.6. The quantitative estimate of drug-likeness (QED) is 0.320. The molecule has 8 nitrogen and oxygen atoms in total. The maximum absolute atomic E-state index is 9.60. The summed E-state index contributed by atoms with van der Waals surface area (Å²) in [5.74, 6) is -1.87. The maximum atomic E-state index is 9.60. The van der Waals surface area contributed by atoms with Crippen molar-refractivity contribution in [2.75, 3.05) is 26.4 Å². The van der Waals surface area contributed by atoms with Crippen molar-refractivity contribution in [3.8, 4) is 6.07 Å². The highest BCUT2D eigenvalue weighted by molar-refractivity contribution is 5.85. The summed E-state index contributed by atoms with van der Waals surface area (Å²) in [6, 6.07) is 1.69. The van der Waals surface area contributed by atoms with Gasteiger partial charge in [-0.05, 0) is 13.8 Å². The number of hydrogen-bond acceptors (Lipinski definition) is 6. The largest absolute Gasteiger partial charge is 0.478 e. The van der Waals surface area contributed by atoms with Gasteiger partial charge < -0.3 is 25.2 Å². The molecule has 0 heterocycles. The second-order valence-corrected chi connectivity index (χ2v) is 3.56. The molecule has 0 aromatic carbocycles. The number of ether oxygens (including phenoxy) is 1. The van der Waals surface area contributed by atoms with Crippen LogP contribution in [0, 0.1) is 11.3 Å². The zero-order chi connectivity index (χ0) is 19.3. The molecule has 0 spiro atoms. The number of carboxylic acids is 2. The molecule has 0 atom stereocenters. The fraction of sp³-hybridized carbons (Fsp3) is 0.400. The molecule has 0 rings (SSSR count). The fourth-order valence-electron chi connectivity index (χ4n) is 0.231. The van der Waals surface area contributed by atoms with Crippen LogP contribution in [0.5, 0.6) is 0 Å². The van der Waals surface area contributed by atoms with Crippen molar-refractivity contribution in [3.63, 3.8) is 0 Å². The van der Waals surface area contributed by atoms with Gasteiger partial charge in [-0.15, -0.1) is 0 Å². The summed E-state index contributed by atoms with van der Waals surface area (Å²) in [6.45, 7) is 13.0. The molecule has 132 valence electrons. The SMILES string of the molecule is C=C(C)C(=O)O.C=C(C)C(=O)O.C=CC#N.OCCOCCO. The van der Waals surface area contributed by atoms with Gasteiger partial charge in [-0.3, -0.25) is 0 Å². The first-order valence-electron chi connectivity index (χ1n) is 6.19. The molecule has 0 bridgehead atoms. The highest BCUT2D eigenvalue weighted by Crippen LogP contribution is 1.81. The Balaban J connectivity index is -0.000000107. The Kier molecular flexibility index (Phi) is 30.6. The third kappa shape index (κ3) is 54.1. The van der Waals surface area contributed by atoms with Gasteiger partial charge >= 0.3 is 11.9 Å². The van der Waals surface area contributed by atoms with E-state index >= 15 is 0 Å². The fourth-order valence-corrected chi connectivity index (χ4v) is 0.231. The Morgan fingerprint density at radius 1 is 1.04 bits per heavy atom. The zero-order valence-electron chi connectivity index (χ0n) is 13.5. The lowest BCUT2D eigenvalue weighted by molar-refractivity contribution is -0.133. The van der Waals surface area contributed by atoms with Crippen LogP contribution in [0.4, 0.5) is 0 Å². The summed E-state index contributed by atoms with van der Waals surface area (Å²) in [5.41, 5.74) is 0.352. The summed E-state index contributed by atoms with van der Waals surface area (Å²) >= 11 is 0. The standard InChI is InChI=1S/C4H10O3.2C4H6O2.C3H3N/c5-1-3-7-4-2-6;2*1-3(2)4(5)6;1-2-3-4/h5-6H,1-4H2;2*1H2,2H3,(H,5,6);2H,1H2. The van der Waals surface area contributed by atoms with Crippen LogP contribution in [0.2, 0.25) is 0 Å². The number of carboxylic acid groups (broad SMARTS) is 2.